The van der Waals surface area contributed by atoms with Crippen molar-refractivity contribution in [3.05, 3.63) is 30.5 Å². The summed E-state index contributed by atoms with van der Waals surface area (Å²) in [6, 6.07) is 7.85. The Kier molecular flexibility index (Phi) is 3.73. The number of nitrogens with one attached hydrogen (secondary N) is 1. The lowest BCUT2D eigenvalue weighted by molar-refractivity contribution is -0.150. The molecule has 5 heteroatoms. The van der Waals surface area contributed by atoms with E-state index in [1.165, 1.54) is 0 Å². The highest BCUT2D eigenvalue weighted by Gasteiger charge is 2.39. The van der Waals surface area contributed by atoms with Gasteiger partial charge in [-0.1, -0.05) is 43.5 Å². The van der Waals surface area contributed by atoms with Gasteiger partial charge in [0.15, 0.2) is 5.82 Å². The summed E-state index contributed by atoms with van der Waals surface area (Å²) >= 11 is 0. The van der Waals surface area contributed by atoms with Crippen molar-refractivity contribution in [1.82, 2.24) is 10.2 Å². The van der Waals surface area contributed by atoms with Gasteiger partial charge in [0, 0.05) is 17.3 Å². The summed E-state index contributed by atoms with van der Waals surface area (Å²) in [6.45, 7) is 0.408. The molecule has 1 aromatic heterocycles. The lowest BCUT2D eigenvalue weighted by Crippen LogP contribution is -2.39. The van der Waals surface area contributed by atoms with E-state index in [9.17, 15) is 9.90 Å². The van der Waals surface area contributed by atoms with Gasteiger partial charge in [0.2, 0.25) is 0 Å². The Morgan fingerprint density at radius 2 is 2.00 bits per heavy atom. The fourth-order valence-electron chi connectivity index (χ4n) is 3.11. The lowest BCUT2D eigenvalue weighted by atomic mass is 9.74. The van der Waals surface area contributed by atoms with Crippen LogP contribution in [0.25, 0.3) is 10.8 Å². The molecular weight excluding hydrogens is 266 g/mol. The zero-order chi connectivity index (χ0) is 14.7. The van der Waals surface area contributed by atoms with Crippen molar-refractivity contribution >= 4 is 22.6 Å². The molecule has 0 unspecified atom stereocenters. The highest BCUT2D eigenvalue weighted by molar-refractivity contribution is 5.91. The van der Waals surface area contributed by atoms with Crippen molar-refractivity contribution in [2.75, 3.05) is 11.9 Å². The average Bonchev–Trinajstić information content (AvgIpc) is 2.53. The van der Waals surface area contributed by atoms with E-state index in [0.29, 0.717) is 12.4 Å². The fourth-order valence-corrected chi connectivity index (χ4v) is 3.11. The normalized spacial score (nSPS) is 17.5. The standard InChI is InChI=1S/C16H19N3O2/c20-15(21)16(8-4-1-5-9-16)11-17-14-13-7-3-2-6-12(13)10-18-19-14/h2-3,6-7,10H,1,4-5,8-9,11H2,(H,17,19)(H,20,21). The molecule has 0 aliphatic heterocycles. The second-order valence-corrected chi connectivity index (χ2v) is 5.78. The maximum atomic E-state index is 11.7. The summed E-state index contributed by atoms with van der Waals surface area (Å²) < 4.78 is 0. The van der Waals surface area contributed by atoms with Gasteiger partial charge in [0.1, 0.15) is 0 Å². The molecule has 1 aromatic carbocycles. The van der Waals surface area contributed by atoms with Gasteiger partial charge in [-0.2, -0.15) is 5.10 Å². The van der Waals surface area contributed by atoms with Crippen LogP contribution in [0.5, 0.6) is 0 Å². The van der Waals surface area contributed by atoms with Crippen LogP contribution in [0.3, 0.4) is 0 Å². The molecule has 0 spiro atoms. The molecule has 2 aromatic rings. The first-order chi connectivity index (χ1) is 10.2. The minimum atomic E-state index is -0.706. The zero-order valence-corrected chi connectivity index (χ0v) is 11.9. The first-order valence-corrected chi connectivity index (χ1v) is 7.39. The van der Waals surface area contributed by atoms with Crippen molar-refractivity contribution in [1.29, 1.82) is 0 Å². The molecule has 110 valence electrons. The Morgan fingerprint density at radius 3 is 2.76 bits per heavy atom. The summed E-state index contributed by atoms with van der Waals surface area (Å²) in [7, 11) is 0. The van der Waals surface area contributed by atoms with Gasteiger partial charge in [-0.15, -0.1) is 5.10 Å². The van der Waals surface area contributed by atoms with Gasteiger partial charge >= 0.3 is 5.97 Å². The number of fused-ring (bicyclic) bond motifs is 1. The maximum Gasteiger partial charge on any atom is 0.311 e. The van der Waals surface area contributed by atoms with E-state index in [1.54, 1.807) is 6.20 Å². The van der Waals surface area contributed by atoms with E-state index >= 15 is 0 Å². The van der Waals surface area contributed by atoms with Gasteiger partial charge in [0.05, 0.1) is 11.6 Å². The number of hydrogen-bond donors (Lipinski definition) is 2. The highest BCUT2D eigenvalue weighted by atomic mass is 16.4. The van der Waals surface area contributed by atoms with Crippen molar-refractivity contribution in [2.24, 2.45) is 5.41 Å². The Morgan fingerprint density at radius 1 is 1.24 bits per heavy atom. The van der Waals surface area contributed by atoms with E-state index in [2.05, 4.69) is 15.5 Å². The quantitative estimate of drug-likeness (QED) is 0.903. The largest absolute Gasteiger partial charge is 0.481 e. The second-order valence-electron chi connectivity index (χ2n) is 5.78. The predicted molar refractivity (Wildman–Crippen MR) is 81.2 cm³/mol. The molecule has 0 bridgehead atoms. The summed E-state index contributed by atoms with van der Waals surface area (Å²) in [5.74, 6) is -0.0396. The summed E-state index contributed by atoms with van der Waals surface area (Å²) in [5.41, 5.74) is -0.670. The molecule has 0 atom stereocenters. The number of rotatable bonds is 4. The third-order valence-electron chi connectivity index (χ3n) is 4.43. The van der Waals surface area contributed by atoms with E-state index < -0.39 is 11.4 Å². The predicted octanol–water partition coefficient (Wildman–Crippen LogP) is 3.08. The summed E-state index contributed by atoms with van der Waals surface area (Å²) in [4.78, 5) is 11.7. The van der Waals surface area contributed by atoms with Gasteiger partial charge < -0.3 is 10.4 Å². The van der Waals surface area contributed by atoms with Crippen molar-refractivity contribution in [2.45, 2.75) is 32.1 Å². The van der Waals surface area contributed by atoms with Crippen LogP contribution in [0.2, 0.25) is 0 Å². The molecule has 5 nitrogen and oxygen atoms in total. The van der Waals surface area contributed by atoms with Gasteiger partial charge in [-0.25, -0.2) is 0 Å². The molecule has 1 aliphatic rings. The summed E-state index contributed by atoms with van der Waals surface area (Å²) in [5, 5.41) is 22.9. The van der Waals surface area contributed by atoms with E-state index in [4.69, 9.17) is 0 Å². The molecular formula is C16H19N3O2. The lowest BCUT2D eigenvalue weighted by Gasteiger charge is -2.33. The minimum Gasteiger partial charge on any atom is -0.481 e. The smallest absolute Gasteiger partial charge is 0.311 e. The van der Waals surface area contributed by atoms with Crippen LogP contribution in [-0.2, 0) is 4.79 Å². The van der Waals surface area contributed by atoms with Crippen molar-refractivity contribution in [3.8, 4) is 0 Å². The Bertz CT molecular complexity index is 646. The highest BCUT2D eigenvalue weighted by Crippen LogP contribution is 2.37. The van der Waals surface area contributed by atoms with Crippen LogP contribution >= 0.6 is 0 Å². The zero-order valence-electron chi connectivity index (χ0n) is 11.9. The number of nitrogens with zero attached hydrogens (tertiary/aromatic N) is 2. The van der Waals surface area contributed by atoms with E-state index in [0.717, 1.165) is 42.9 Å². The molecule has 1 heterocycles. The van der Waals surface area contributed by atoms with Gasteiger partial charge in [-0.3, -0.25) is 4.79 Å². The number of carboxylic acids is 1. The van der Waals surface area contributed by atoms with Crippen molar-refractivity contribution in [3.63, 3.8) is 0 Å². The van der Waals surface area contributed by atoms with E-state index in [-0.39, 0.29) is 0 Å². The number of aromatic nitrogens is 2. The van der Waals surface area contributed by atoms with E-state index in [1.807, 2.05) is 24.3 Å². The minimum absolute atomic E-state index is 0.408. The number of benzene rings is 1. The molecule has 0 saturated heterocycles. The number of aliphatic carboxylic acids is 1. The Hall–Kier alpha value is -2.17. The van der Waals surface area contributed by atoms with Crippen LogP contribution < -0.4 is 5.32 Å². The molecule has 3 rings (SSSR count). The van der Waals surface area contributed by atoms with Crippen molar-refractivity contribution < 1.29 is 9.90 Å². The number of carboxylic acid groups (broad SMARTS) is 1. The second kappa shape index (κ2) is 5.68. The maximum absolute atomic E-state index is 11.7. The summed E-state index contributed by atoms with van der Waals surface area (Å²) in [6.07, 6.45) is 6.27. The van der Waals surface area contributed by atoms with Crippen LogP contribution in [0.15, 0.2) is 30.5 Å². The van der Waals surface area contributed by atoms with Gasteiger partial charge in [0.25, 0.3) is 0 Å². The topological polar surface area (TPSA) is 75.1 Å². The molecule has 2 N–H and O–H groups in total. The third-order valence-corrected chi connectivity index (χ3v) is 4.43. The molecule has 1 fully saturated rings. The SMILES string of the molecule is O=C(O)C1(CNc2nncc3ccccc23)CCCCC1. The Labute approximate surface area is 123 Å². The van der Waals surface area contributed by atoms with Gasteiger partial charge in [-0.05, 0) is 12.8 Å². The molecule has 0 amide bonds. The first-order valence-electron chi connectivity index (χ1n) is 7.39. The molecule has 1 aliphatic carbocycles. The molecule has 21 heavy (non-hydrogen) atoms. The van der Waals surface area contributed by atoms with Crippen LogP contribution in [0, 0.1) is 5.41 Å². The Balaban J connectivity index is 1.83. The molecule has 0 radical (unpaired) electrons. The van der Waals surface area contributed by atoms with Crippen LogP contribution in [0.4, 0.5) is 5.82 Å². The number of hydrogen-bond acceptors (Lipinski definition) is 4. The average molecular weight is 285 g/mol. The fraction of sp³-hybridized carbons (Fsp3) is 0.438. The van der Waals surface area contributed by atoms with Crippen LogP contribution in [0.1, 0.15) is 32.1 Å². The number of carbonyl (C=O) groups is 1. The number of anilines is 1. The van der Waals surface area contributed by atoms with Crippen LogP contribution in [-0.4, -0.2) is 27.8 Å². The third kappa shape index (κ3) is 2.68. The molecule has 1 saturated carbocycles. The monoisotopic (exact) mass is 285 g/mol. The first kappa shape index (κ1) is 13.8.